The highest BCUT2D eigenvalue weighted by Crippen LogP contribution is 2.41. The monoisotopic (exact) mass is 461 g/mol. The third-order valence-corrected chi connectivity index (χ3v) is 7.56. The molecule has 2 aliphatic rings. The van der Waals surface area contributed by atoms with Gasteiger partial charge in [-0.2, -0.15) is 9.37 Å². The van der Waals surface area contributed by atoms with Gasteiger partial charge < -0.3 is 0 Å². The van der Waals surface area contributed by atoms with Crippen molar-refractivity contribution in [2.45, 2.75) is 37.5 Å². The van der Waals surface area contributed by atoms with Crippen molar-refractivity contribution in [2.24, 2.45) is 0 Å². The summed E-state index contributed by atoms with van der Waals surface area (Å²) in [5.41, 5.74) is 6.41. The number of hydrogen-bond donors (Lipinski definition) is 0. The minimum atomic E-state index is -0.478. The van der Waals surface area contributed by atoms with Crippen molar-refractivity contribution in [3.8, 4) is 0 Å². The quantitative estimate of drug-likeness (QED) is 0.455. The van der Waals surface area contributed by atoms with Crippen LogP contribution < -0.4 is 4.90 Å². The molecule has 0 aliphatic carbocycles. The molecule has 0 fully saturated rings. The van der Waals surface area contributed by atoms with Crippen LogP contribution in [0.15, 0.2) is 65.6 Å². The number of fused-ring (bicyclic) bond motifs is 3. The van der Waals surface area contributed by atoms with Gasteiger partial charge in [0.05, 0.1) is 0 Å². The number of halogens is 1. The van der Waals surface area contributed by atoms with Gasteiger partial charge in [-0.3, -0.25) is 0 Å². The third kappa shape index (κ3) is 3.37. The van der Waals surface area contributed by atoms with Crippen molar-refractivity contribution in [3.05, 3.63) is 93.5 Å². The van der Waals surface area contributed by atoms with Crippen molar-refractivity contribution < 1.29 is 14.2 Å². The minimum absolute atomic E-state index is 0.228. The molecule has 32 heavy (non-hydrogen) atoms. The van der Waals surface area contributed by atoms with Gasteiger partial charge in [-0.15, -0.1) is 16.7 Å². The number of nitrogens with zero attached hydrogens (tertiary/aromatic N) is 2. The van der Waals surface area contributed by atoms with Gasteiger partial charge in [-0.1, -0.05) is 53.6 Å². The van der Waals surface area contributed by atoms with Crippen LogP contribution in [0.25, 0.3) is 0 Å². The van der Waals surface area contributed by atoms with Crippen molar-refractivity contribution in [2.75, 3.05) is 4.90 Å². The lowest BCUT2D eigenvalue weighted by atomic mass is 10.0. The molecule has 3 amide bonds. The largest absolute Gasteiger partial charge is 0.506 e. The molecule has 1 atom stereocenters. The van der Waals surface area contributed by atoms with Gasteiger partial charge in [0.1, 0.15) is 17.9 Å². The maximum absolute atomic E-state index is 13.9. The first-order valence-electron chi connectivity index (χ1n) is 10.5. The fourth-order valence-electron chi connectivity index (χ4n) is 4.33. The van der Waals surface area contributed by atoms with E-state index in [1.807, 2.05) is 51.1 Å². The molecule has 3 aromatic rings. The van der Waals surface area contributed by atoms with Crippen molar-refractivity contribution in [1.29, 1.82) is 0 Å². The molecule has 5 rings (SSSR count). The van der Waals surface area contributed by atoms with E-state index in [4.69, 9.17) is 11.6 Å². The number of carbonyl (C=O) groups is 2. The molecule has 0 saturated heterocycles. The lowest BCUT2D eigenvalue weighted by molar-refractivity contribution is -0.444. The normalized spacial score (nSPS) is 17.6. The van der Waals surface area contributed by atoms with Crippen LogP contribution in [0.2, 0.25) is 5.02 Å². The predicted octanol–water partition coefficient (Wildman–Crippen LogP) is 5.91. The molecule has 0 saturated carbocycles. The van der Waals surface area contributed by atoms with Crippen LogP contribution >= 0.6 is 23.4 Å². The maximum atomic E-state index is 13.9. The molecule has 3 aromatic carbocycles. The summed E-state index contributed by atoms with van der Waals surface area (Å²) in [6, 6.07) is 19.1. The highest BCUT2D eigenvalue weighted by molar-refractivity contribution is 8.02. The van der Waals surface area contributed by atoms with E-state index in [0.29, 0.717) is 17.3 Å². The van der Waals surface area contributed by atoms with E-state index in [2.05, 4.69) is 18.2 Å². The Morgan fingerprint density at radius 2 is 1.72 bits per heavy atom. The van der Waals surface area contributed by atoms with E-state index in [1.165, 1.54) is 16.7 Å². The second kappa shape index (κ2) is 7.91. The molecule has 6 heteroatoms. The minimum Gasteiger partial charge on any atom is -0.244 e. The zero-order valence-corrected chi connectivity index (χ0v) is 19.6. The summed E-state index contributed by atoms with van der Waals surface area (Å²) in [7, 11) is 0. The molecule has 0 aromatic heterocycles. The Morgan fingerprint density at radius 1 is 0.969 bits per heavy atom. The SMILES string of the molecule is Cc1ccc(C)c(C[N+]2=C3c4ccccc4SC3C(=O)N(c3cc(Cl)ccc3C)C2=O)c1. The number of benzene rings is 3. The lowest BCUT2D eigenvalue weighted by Crippen LogP contribution is -2.55. The summed E-state index contributed by atoms with van der Waals surface area (Å²) >= 11 is 7.75. The van der Waals surface area contributed by atoms with Gasteiger partial charge >= 0.3 is 11.9 Å². The molecule has 0 bridgehead atoms. The third-order valence-electron chi connectivity index (χ3n) is 6.06. The second-order valence-corrected chi connectivity index (χ2v) is 9.87. The number of anilines is 1. The summed E-state index contributed by atoms with van der Waals surface area (Å²) in [5.74, 6) is -0.228. The first-order valence-corrected chi connectivity index (χ1v) is 11.7. The molecule has 1 unspecified atom stereocenters. The molecule has 0 radical (unpaired) electrons. The van der Waals surface area contributed by atoms with E-state index in [1.54, 1.807) is 16.7 Å². The number of carbonyl (C=O) groups excluding carboxylic acids is 2. The Hall–Kier alpha value is -2.89. The van der Waals surface area contributed by atoms with Crippen molar-refractivity contribution in [3.63, 3.8) is 0 Å². The van der Waals surface area contributed by atoms with Gasteiger partial charge in [-0.05, 0) is 55.7 Å². The summed E-state index contributed by atoms with van der Waals surface area (Å²) in [4.78, 5) is 29.9. The number of imide groups is 1. The van der Waals surface area contributed by atoms with Crippen LogP contribution in [0.5, 0.6) is 0 Å². The topological polar surface area (TPSA) is 40.4 Å². The Kier molecular flexibility index (Phi) is 5.19. The Balaban J connectivity index is 1.72. The van der Waals surface area contributed by atoms with Gasteiger partial charge in [0.2, 0.25) is 0 Å². The Morgan fingerprint density at radius 3 is 2.53 bits per heavy atom. The zero-order chi connectivity index (χ0) is 22.6. The zero-order valence-electron chi connectivity index (χ0n) is 18.1. The van der Waals surface area contributed by atoms with E-state index >= 15 is 0 Å². The molecule has 2 aliphatic heterocycles. The summed E-state index contributed by atoms with van der Waals surface area (Å²) in [6.45, 7) is 6.38. The summed E-state index contributed by atoms with van der Waals surface area (Å²) < 4.78 is 1.77. The van der Waals surface area contributed by atoms with Gasteiger partial charge in [-0.25, -0.2) is 4.79 Å². The van der Waals surface area contributed by atoms with Crippen LogP contribution in [-0.2, 0) is 11.3 Å². The number of aryl methyl sites for hydroxylation is 3. The van der Waals surface area contributed by atoms with E-state index in [0.717, 1.165) is 38.4 Å². The number of rotatable bonds is 3. The molecule has 0 N–H and O–H groups in total. The highest BCUT2D eigenvalue weighted by Gasteiger charge is 2.53. The number of amides is 3. The highest BCUT2D eigenvalue weighted by atomic mass is 35.5. The van der Waals surface area contributed by atoms with Crippen LogP contribution in [-0.4, -0.2) is 27.5 Å². The maximum Gasteiger partial charge on any atom is 0.506 e. The molecule has 4 nitrogen and oxygen atoms in total. The number of thioether (sulfide) groups is 1. The lowest BCUT2D eigenvalue weighted by Gasteiger charge is -2.25. The van der Waals surface area contributed by atoms with Crippen molar-refractivity contribution >= 4 is 46.7 Å². The van der Waals surface area contributed by atoms with Crippen LogP contribution in [0.4, 0.5) is 10.5 Å². The molecule has 2 heterocycles. The first-order chi connectivity index (χ1) is 15.3. The van der Waals surface area contributed by atoms with E-state index in [9.17, 15) is 9.59 Å². The second-order valence-electron chi connectivity index (χ2n) is 8.28. The van der Waals surface area contributed by atoms with Crippen molar-refractivity contribution in [1.82, 2.24) is 0 Å². The van der Waals surface area contributed by atoms with Gasteiger partial charge in [0.15, 0.2) is 5.25 Å². The van der Waals surface area contributed by atoms with E-state index in [-0.39, 0.29) is 11.9 Å². The average molecular weight is 462 g/mol. The fourth-order valence-corrected chi connectivity index (χ4v) is 5.78. The van der Waals surface area contributed by atoms with Gasteiger partial charge in [0, 0.05) is 21.5 Å². The van der Waals surface area contributed by atoms with E-state index < -0.39 is 5.25 Å². The Bertz CT molecular complexity index is 1330. The Labute approximate surface area is 196 Å². The fraction of sp³-hybridized carbons (Fsp3) is 0.192. The summed E-state index contributed by atoms with van der Waals surface area (Å²) in [6.07, 6.45) is 0. The van der Waals surface area contributed by atoms with Crippen LogP contribution in [0, 0.1) is 20.8 Å². The molecular weight excluding hydrogens is 440 g/mol. The number of urea groups is 1. The number of hydrogen-bond acceptors (Lipinski definition) is 3. The summed E-state index contributed by atoms with van der Waals surface area (Å²) in [5, 5.41) is 0.0120. The van der Waals surface area contributed by atoms with Crippen LogP contribution in [0.1, 0.15) is 27.8 Å². The molecule has 0 spiro atoms. The average Bonchev–Trinajstić information content (AvgIpc) is 3.16. The van der Waals surface area contributed by atoms with Crippen LogP contribution in [0.3, 0.4) is 0 Å². The smallest absolute Gasteiger partial charge is 0.244 e. The molecular formula is C26H22ClN2O2S+. The first kappa shape index (κ1) is 21.0. The van der Waals surface area contributed by atoms with Gasteiger partial charge in [0.25, 0.3) is 0 Å². The standard InChI is InChI=1S/C26H22ClN2O2S/c1-15-8-9-16(2)18(12-15)14-28-23-20-6-4-5-7-22(20)32-24(23)25(30)29(26(28)31)21-13-19(27)11-10-17(21)3/h4-13,24H,14H2,1-3H3/q+1. The predicted molar refractivity (Wildman–Crippen MR) is 129 cm³/mol. The molecule has 160 valence electrons.